The van der Waals surface area contributed by atoms with Gasteiger partial charge in [-0.1, -0.05) is 18.6 Å². The second-order valence-corrected chi connectivity index (χ2v) is 8.98. The van der Waals surface area contributed by atoms with Crippen molar-refractivity contribution in [3.8, 4) is 5.69 Å². The van der Waals surface area contributed by atoms with Gasteiger partial charge in [-0.2, -0.15) is 9.40 Å². The standard InChI is InChI=1S/C21H21FN4O3S/c22-18-6-2-3-7-20(18)26-15-12-19(24-26)21(27)23-16-8-10-17(11-9-16)30(28,29)25-13-4-1-5-14-25/h2-3,6-12,15H,1,4-5,13-14H2,(H,23,27). The van der Waals surface area contributed by atoms with E-state index in [2.05, 4.69) is 10.4 Å². The smallest absolute Gasteiger partial charge is 0.276 e. The average molecular weight is 428 g/mol. The third-order valence-electron chi connectivity index (χ3n) is 4.99. The molecule has 1 saturated heterocycles. The first-order valence-electron chi connectivity index (χ1n) is 9.67. The predicted octanol–water partition coefficient (Wildman–Crippen LogP) is 3.44. The SMILES string of the molecule is O=C(Nc1ccc(S(=O)(=O)N2CCCCC2)cc1)c1ccn(-c2ccccc2F)n1. The molecule has 1 aliphatic rings. The summed E-state index contributed by atoms with van der Waals surface area (Å²) in [6, 6.07) is 13.7. The van der Waals surface area contributed by atoms with Crippen molar-refractivity contribution in [3.63, 3.8) is 0 Å². The predicted molar refractivity (Wildman–Crippen MR) is 111 cm³/mol. The van der Waals surface area contributed by atoms with E-state index in [1.807, 2.05) is 0 Å². The molecule has 30 heavy (non-hydrogen) atoms. The van der Waals surface area contributed by atoms with Crippen LogP contribution in [0.1, 0.15) is 29.8 Å². The lowest BCUT2D eigenvalue weighted by atomic mass is 10.2. The van der Waals surface area contributed by atoms with Crippen molar-refractivity contribution in [1.82, 2.24) is 14.1 Å². The van der Waals surface area contributed by atoms with E-state index < -0.39 is 21.7 Å². The molecule has 0 radical (unpaired) electrons. The molecule has 1 N–H and O–H groups in total. The van der Waals surface area contributed by atoms with Crippen molar-refractivity contribution in [2.75, 3.05) is 18.4 Å². The third kappa shape index (κ3) is 4.12. The highest BCUT2D eigenvalue weighted by molar-refractivity contribution is 7.89. The summed E-state index contributed by atoms with van der Waals surface area (Å²) in [7, 11) is -3.52. The molecule has 0 bridgehead atoms. The van der Waals surface area contributed by atoms with Crippen LogP contribution in [0.15, 0.2) is 65.7 Å². The molecule has 0 saturated carbocycles. The number of halogens is 1. The number of hydrogen-bond donors (Lipinski definition) is 1. The highest BCUT2D eigenvalue weighted by atomic mass is 32.2. The number of hydrogen-bond acceptors (Lipinski definition) is 4. The Labute approximate surface area is 174 Å². The van der Waals surface area contributed by atoms with E-state index >= 15 is 0 Å². The topological polar surface area (TPSA) is 84.3 Å². The van der Waals surface area contributed by atoms with Gasteiger partial charge in [-0.25, -0.2) is 17.5 Å². The number of nitrogens with one attached hydrogen (secondary N) is 1. The fraction of sp³-hybridized carbons (Fsp3) is 0.238. The molecule has 1 aliphatic heterocycles. The molecular weight excluding hydrogens is 407 g/mol. The minimum absolute atomic E-state index is 0.114. The van der Waals surface area contributed by atoms with Crippen LogP contribution in [0, 0.1) is 5.82 Å². The maximum atomic E-state index is 13.9. The monoisotopic (exact) mass is 428 g/mol. The van der Waals surface area contributed by atoms with Gasteiger partial charge in [0.2, 0.25) is 10.0 Å². The molecule has 0 atom stereocenters. The second kappa shape index (κ2) is 8.37. The molecule has 9 heteroatoms. The van der Waals surface area contributed by atoms with Crippen LogP contribution in [-0.4, -0.2) is 41.5 Å². The molecule has 1 fully saturated rings. The van der Waals surface area contributed by atoms with Crippen molar-refractivity contribution < 1.29 is 17.6 Å². The maximum Gasteiger partial charge on any atom is 0.276 e. The van der Waals surface area contributed by atoms with Crippen molar-refractivity contribution in [2.45, 2.75) is 24.2 Å². The van der Waals surface area contributed by atoms with Crippen LogP contribution in [0.3, 0.4) is 0 Å². The molecule has 7 nitrogen and oxygen atoms in total. The lowest BCUT2D eigenvalue weighted by Gasteiger charge is -2.25. The summed E-state index contributed by atoms with van der Waals surface area (Å²) in [6.45, 7) is 1.07. The Bertz CT molecular complexity index is 1150. The average Bonchev–Trinajstić information content (AvgIpc) is 3.25. The highest BCUT2D eigenvalue weighted by Gasteiger charge is 2.25. The summed E-state index contributed by atoms with van der Waals surface area (Å²) in [5, 5.41) is 6.80. The van der Waals surface area contributed by atoms with Gasteiger partial charge in [-0.3, -0.25) is 4.79 Å². The number of carbonyl (C=O) groups excluding carboxylic acids is 1. The van der Waals surface area contributed by atoms with Gasteiger partial charge < -0.3 is 5.32 Å². The number of nitrogens with zero attached hydrogens (tertiary/aromatic N) is 3. The molecular formula is C21H21FN4O3S. The maximum absolute atomic E-state index is 13.9. The van der Waals surface area contributed by atoms with Crippen LogP contribution < -0.4 is 5.32 Å². The molecule has 0 unspecified atom stereocenters. The van der Waals surface area contributed by atoms with Crippen LogP contribution in [-0.2, 0) is 10.0 Å². The number of para-hydroxylation sites is 1. The van der Waals surface area contributed by atoms with Crippen LogP contribution in [0.25, 0.3) is 5.69 Å². The van der Waals surface area contributed by atoms with E-state index in [-0.39, 0.29) is 16.3 Å². The molecule has 2 aromatic carbocycles. The van der Waals surface area contributed by atoms with E-state index in [1.165, 1.54) is 39.4 Å². The third-order valence-corrected chi connectivity index (χ3v) is 6.90. The zero-order valence-electron chi connectivity index (χ0n) is 16.2. The van der Waals surface area contributed by atoms with E-state index in [0.717, 1.165) is 19.3 Å². The van der Waals surface area contributed by atoms with Crippen molar-refractivity contribution >= 4 is 21.6 Å². The van der Waals surface area contributed by atoms with Crippen LogP contribution in [0.4, 0.5) is 10.1 Å². The molecule has 0 aliphatic carbocycles. The zero-order chi connectivity index (χ0) is 21.1. The van der Waals surface area contributed by atoms with Crippen molar-refractivity contribution in [2.24, 2.45) is 0 Å². The van der Waals surface area contributed by atoms with E-state index in [4.69, 9.17) is 0 Å². The number of amides is 1. The zero-order valence-corrected chi connectivity index (χ0v) is 17.0. The Morgan fingerprint density at radius 2 is 1.67 bits per heavy atom. The summed E-state index contributed by atoms with van der Waals surface area (Å²) < 4.78 is 42.1. The minimum atomic E-state index is -3.52. The largest absolute Gasteiger partial charge is 0.321 e. The van der Waals surface area contributed by atoms with Gasteiger partial charge in [0.15, 0.2) is 5.69 Å². The number of carbonyl (C=O) groups is 1. The molecule has 4 rings (SSSR count). The number of aromatic nitrogens is 2. The van der Waals surface area contributed by atoms with Crippen LogP contribution in [0.2, 0.25) is 0 Å². The van der Waals surface area contributed by atoms with E-state index in [9.17, 15) is 17.6 Å². The van der Waals surface area contributed by atoms with Gasteiger partial charge >= 0.3 is 0 Å². The Morgan fingerprint density at radius 1 is 0.967 bits per heavy atom. The number of sulfonamides is 1. The summed E-state index contributed by atoms with van der Waals surface area (Å²) in [5.41, 5.74) is 0.796. The van der Waals surface area contributed by atoms with Gasteiger partial charge in [0.25, 0.3) is 5.91 Å². The Balaban J connectivity index is 1.46. The molecule has 1 aromatic heterocycles. The van der Waals surface area contributed by atoms with Crippen molar-refractivity contribution in [3.05, 3.63) is 72.3 Å². The normalized spacial score (nSPS) is 15.1. The first-order chi connectivity index (χ1) is 14.4. The van der Waals surface area contributed by atoms with Crippen LogP contribution in [0.5, 0.6) is 0 Å². The molecule has 2 heterocycles. The lowest BCUT2D eigenvalue weighted by molar-refractivity contribution is 0.102. The van der Waals surface area contributed by atoms with E-state index in [1.54, 1.807) is 30.3 Å². The number of rotatable bonds is 5. The molecule has 1 amide bonds. The Morgan fingerprint density at radius 3 is 2.37 bits per heavy atom. The van der Waals surface area contributed by atoms with Gasteiger partial charge in [-0.05, 0) is 55.3 Å². The van der Waals surface area contributed by atoms with Gasteiger partial charge in [0.1, 0.15) is 11.5 Å². The first-order valence-corrected chi connectivity index (χ1v) is 11.1. The molecule has 156 valence electrons. The van der Waals surface area contributed by atoms with Gasteiger partial charge in [0, 0.05) is 25.0 Å². The van der Waals surface area contributed by atoms with Crippen LogP contribution >= 0.6 is 0 Å². The quantitative estimate of drug-likeness (QED) is 0.675. The fourth-order valence-electron chi connectivity index (χ4n) is 3.38. The van der Waals surface area contributed by atoms with E-state index in [0.29, 0.717) is 18.8 Å². The van der Waals surface area contributed by atoms with Crippen molar-refractivity contribution in [1.29, 1.82) is 0 Å². The Kier molecular flexibility index (Phi) is 5.65. The second-order valence-electron chi connectivity index (χ2n) is 7.04. The number of anilines is 1. The summed E-state index contributed by atoms with van der Waals surface area (Å²) in [6.07, 6.45) is 4.28. The highest BCUT2D eigenvalue weighted by Crippen LogP contribution is 2.22. The number of benzene rings is 2. The minimum Gasteiger partial charge on any atom is -0.321 e. The first kappa shape index (κ1) is 20.2. The fourth-order valence-corrected chi connectivity index (χ4v) is 4.89. The lowest BCUT2D eigenvalue weighted by Crippen LogP contribution is -2.35. The summed E-state index contributed by atoms with van der Waals surface area (Å²) in [4.78, 5) is 12.7. The Hall–Kier alpha value is -3.04. The van der Waals surface area contributed by atoms with Gasteiger partial charge in [-0.15, -0.1) is 0 Å². The summed E-state index contributed by atoms with van der Waals surface area (Å²) in [5.74, 6) is -0.921. The molecule has 0 spiro atoms. The summed E-state index contributed by atoms with van der Waals surface area (Å²) >= 11 is 0. The molecule has 3 aromatic rings. The number of piperidine rings is 1. The van der Waals surface area contributed by atoms with Gasteiger partial charge in [0.05, 0.1) is 4.90 Å².